The second-order valence-electron chi connectivity index (χ2n) is 5.32. The molecule has 1 fully saturated rings. The van der Waals surface area contributed by atoms with E-state index >= 15 is 0 Å². The maximum atomic E-state index is 12.7. The van der Waals surface area contributed by atoms with Gasteiger partial charge in [0.1, 0.15) is 17.6 Å². The smallest absolute Gasteiger partial charge is 0.364 e. The van der Waals surface area contributed by atoms with E-state index in [0.717, 1.165) is 12.5 Å². The van der Waals surface area contributed by atoms with Crippen LogP contribution in [0.3, 0.4) is 0 Å². The highest BCUT2D eigenvalue weighted by molar-refractivity contribution is 5.63. The van der Waals surface area contributed by atoms with Crippen LogP contribution < -0.4 is 10.6 Å². The summed E-state index contributed by atoms with van der Waals surface area (Å²) >= 11 is 0. The standard InChI is InChI=1S/C12H15F3N4O2/c1-7-2-8(16)6-18(5-7)9-3-11(12(13,14)15)17-4-10(9)19(20)21/h3-4,7-8H,2,5-6,16H2,1H3. The zero-order valence-corrected chi connectivity index (χ0v) is 11.3. The molecule has 0 saturated carbocycles. The molecule has 6 nitrogen and oxygen atoms in total. The summed E-state index contributed by atoms with van der Waals surface area (Å²) in [7, 11) is 0. The molecular weight excluding hydrogens is 289 g/mol. The fourth-order valence-corrected chi connectivity index (χ4v) is 2.58. The van der Waals surface area contributed by atoms with Crippen LogP contribution in [-0.2, 0) is 6.18 Å². The third-order valence-electron chi connectivity index (χ3n) is 3.38. The van der Waals surface area contributed by atoms with Crippen molar-refractivity contribution in [2.75, 3.05) is 18.0 Å². The molecule has 2 rings (SSSR count). The number of nitrogens with two attached hydrogens (primary N) is 1. The number of hydrogen-bond acceptors (Lipinski definition) is 5. The molecule has 0 aromatic carbocycles. The highest BCUT2D eigenvalue weighted by Crippen LogP contribution is 2.36. The van der Waals surface area contributed by atoms with Gasteiger partial charge in [0, 0.05) is 19.1 Å². The van der Waals surface area contributed by atoms with E-state index in [0.29, 0.717) is 12.7 Å². The normalized spacial score (nSPS) is 23.2. The first-order valence-corrected chi connectivity index (χ1v) is 6.40. The number of nitro groups is 1. The number of anilines is 1. The van der Waals surface area contributed by atoms with Crippen molar-refractivity contribution in [2.45, 2.75) is 25.6 Å². The summed E-state index contributed by atoms with van der Waals surface area (Å²) in [6, 6.07) is 0.499. The van der Waals surface area contributed by atoms with Crippen molar-refractivity contribution in [3.63, 3.8) is 0 Å². The van der Waals surface area contributed by atoms with Gasteiger partial charge >= 0.3 is 11.9 Å². The molecule has 2 N–H and O–H groups in total. The van der Waals surface area contributed by atoms with E-state index in [1.807, 2.05) is 6.92 Å². The molecule has 0 amide bonds. The van der Waals surface area contributed by atoms with Gasteiger partial charge in [-0.2, -0.15) is 13.2 Å². The van der Waals surface area contributed by atoms with Crippen molar-refractivity contribution >= 4 is 11.4 Å². The second kappa shape index (κ2) is 5.47. The molecule has 0 radical (unpaired) electrons. The van der Waals surface area contributed by atoms with E-state index in [4.69, 9.17) is 5.73 Å². The summed E-state index contributed by atoms with van der Waals surface area (Å²) in [5, 5.41) is 11.0. The van der Waals surface area contributed by atoms with Gasteiger partial charge in [-0.05, 0) is 18.4 Å². The number of pyridine rings is 1. The Morgan fingerprint density at radius 1 is 1.48 bits per heavy atom. The number of hydrogen-bond donors (Lipinski definition) is 1. The van der Waals surface area contributed by atoms with E-state index in [2.05, 4.69) is 4.98 Å². The predicted molar refractivity (Wildman–Crippen MR) is 69.9 cm³/mol. The maximum Gasteiger partial charge on any atom is 0.433 e. The molecular formula is C12H15F3N4O2. The van der Waals surface area contributed by atoms with Crippen LogP contribution in [0.5, 0.6) is 0 Å². The summed E-state index contributed by atoms with van der Waals surface area (Å²) in [4.78, 5) is 15.0. The molecule has 0 spiro atoms. The lowest BCUT2D eigenvalue weighted by atomic mass is 9.96. The van der Waals surface area contributed by atoms with Gasteiger partial charge in [-0.15, -0.1) is 0 Å². The summed E-state index contributed by atoms with van der Waals surface area (Å²) < 4.78 is 38.2. The highest BCUT2D eigenvalue weighted by atomic mass is 19.4. The van der Waals surface area contributed by atoms with Crippen molar-refractivity contribution in [1.29, 1.82) is 0 Å². The molecule has 1 aromatic rings. The molecule has 2 heterocycles. The van der Waals surface area contributed by atoms with Crippen molar-refractivity contribution < 1.29 is 18.1 Å². The largest absolute Gasteiger partial charge is 0.433 e. The molecule has 1 aliphatic heterocycles. The Balaban J connectivity index is 2.45. The van der Waals surface area contributed by atoms with Crippen molar-refractivity contribution in [3.8, 4) is 0 Å². The average molecular weight is 304 g/mol. The number of alkyl halides is 3. The Bertz CT molecular complexity index is 540. The lowest BCUT2D eigenvalue weighted by Gasteiger charge is -2.36. The average Bonchev–Trinajstić information content (AvgIpc) is 2.35. The first-order chi connectivity index (χ1) is 9.68. The van der Waals surface area contributed by atoms with Gasteiger partial charge in [-0.1, -0.05) is 6.92 Å². The fourth-order valence-electron chi connectivity index (χ4n) is 2.58. The van der Waals surface area contributed by atoms with Gasteiger partial charge in [0.15, 0.2) is 0 Å². The van der Waals surface area contributed by atoms with Gasteiger partial charge in [0.2, 0.25) is 0 Å². The van der Waals surface area contributed by atoms with Crippen LogP contribution in [-0.4, -0.2) is 29.0 Å². The maximum absolute atomic E-state index is 12.7. The molecule has 2 unspecified atom stereocenters. The third kappa shape index (κ3) is 3.41. The van der Waals surface area contributed by atoms with Crippen molar-refractivity contribution in [2.24, 2.45) is 11.7 Å². The van der Waals surface area contributed by atoms with E-state index in [1.54, 1.807) is 0 Å². The monoisotopic (exact) mass is 304 g/mol. The zero-order chi connectivity index (χ0) is 15.8. The summed E-state index contributed by atoms with van der Waals surface area (Å²) in [5.41, 5.74) is 4.19. The molecule has 1 saturated heterocycles. The summed E-state index contributed by atoms with van der Waals surface area (Å²) in [6.07, 6.45) is -3.25. The molecule has 9 heteroatoms. The Kier molecular flexibility index (Phi) is 4.04. The van der Waals surface area contributed by atoms with Gasteiger partial charge in [0.05, 0.1) is 4.92 Å². The van der Waals surface area contributed by atoms with Gasteiger partial charge in [0.25, 0.3) is 0 Å². The van der Waals surface area contributed by atoms with E-state index in [1.165, 1.54) is 4.90 Å². The van der Waals surface area contributed by atoms with Gasteiger partial charge in [-0.25, -0.2) is 4.98 Å². The van der Waals surface area contributed by atoms with Gasteiger partial charge in [-0.3, -0.25) is 10.1 Å². The predicted octanol–water partition coefficient (Wildman–Crippen LogP) is 2.18. The Hall–Kier alpha value is -1.90. The minimum absolute atomic E-state index is 0.0793. The van der Waals surface area contributed by atoms with Crippen LogP contribution >= 0.6 is 0 Å². The minimum atomic E-state index is -4.65. The van der Waals surface area contributed by atoms with E-state index in [-0.39, 0.29) is 24.2 Å². The molecule has 1 aromatic heterocycles. The quantitative estimate of drug-likeness (QED) is 0.668. The Morgan fingerprint density at radius 2 is 2.14 bits per heavy atom. The minimum Gasteiger partial charge on any atom is -0.364 e. The number of halogens is 3. The van der Waals surface area contributed by atoms with Crippen LogP contribution in [0.4, 0.5) is 24.5 Å². The lowest BCUT2D eigenvalue weighted by molar-refractivity contribution is -0.384. The second-order valence-corrected chi connectivity index (χ2v) is 5.32. The molecule has 116 valence electrons. The van der Waals surface area contributed by atoms with E-state index < -0.39 is 22.5 Å². The van der Waals surface area contributed by atoms with E-state index in [9.17, 15) is 23.3 Å². The van der Waals surface area contributed by atoms with Crippen LogP contribution in [0.15, 0.2) is 12.3 Å². The Morgan fingerprint density at radius 3 is 2.67 bits per heavy atom. The Labute approximate surface area is 118 Å². The van der Waals surface area contributed by atoms with Crippen molar-refractivity contribution in [3.05, 3.63) is 28.1 Å². The number of aromatic nitrogens is 1. The molecule has 0 aliphatic carbocycles. The SMILES string of the molecule is CC1CC(N)CN(c2cc(C(F)(F)F)ncc2[N+](=O)[O-])C1. The third-order valence-corrected chi connectivity index (χ3v) is 3.38. The first kappa shape index (κ1) is 15.5. The van der Waals surface area contributed by atoms with Crippen LogP contribution in [0.25, 0.3) is 0 Å². The first-order valence-electron chi connectivity index (χ1n) is 6.40. The van der Waals surface area contributed by atoms with Crippen LogP contribution in [0, 0.1) is 16.0 Å². The molecule has 21 heavy (non-hydrogen) atoms. The summed E-state index contributed by atoms with van der Waals surface area (Å²) in [5.74, 6) is 0.149. The van der Waals surface area contributed by atoms with Crippen molar-refractivity contribution in [1.82, 2.24) is 4.98 Å². The highest BCUT2D eigenvalue weighted by Gasteiger charge is 2.36. The van der Waals surface area contributed by atoms with Crippen LogP contribution in [0.1, 0.15) is 19.0 Å². The molecule has 0 bridgehead atoms. The fraction of sp³-hybridized carbons (Fsp3) is 0.583. The van der Waals surface area contributed by atoms with Gasteiger partial charge < -0.3 is 10.6 Å². The lowest BCUT2D eigenvalue weighted by Crippen LogP contribution is -2.46. The molecule has 1 aliphatic rings. The zero-order valence-electron chi connectivity index (χ0n) is 11.3. The number of piperidine rings is 1. The number of nitrogens with zero attached hydrogens (tertiary/aromatic N) is 3. The molecule has 2 atom stereocenters. The topological polar surface area (TPSA) is 85.3 Å². The van der Waals surface area contributed by atoms with Crippen LogP contribution in [0.2, 0.25) is 0 Å². The number of rotatable bonds is 2. The summed E-state index contributed by atoms with van der Waals surface area (Å²) in [6.45, 7) is 2.62.